The van der Waals surface area contributed by atoms with E-state index in [0.717, 1.165) is 25.9 Å². The van der Waals surface area contributed by atoms with E-state index in [9.17, 15) is 13.2 Å². The highest BCUT2D eigenvalue weighted by Crippen LogP contribution is 2.22. The van der Waals surface area contributed by atoms with Crippen molar-refractivity contribution in [2.45, 2.75) is 31.6 Å². The zero-order chi connectivity index (χ0) is 17.3. The van der Waals surface area contributed by atoms with E-state index in [1.165, 1.54) is 23.6 Å². The van der Waals surface area contributed by atoms with Gasteiger partial charge in [-0.1, -0.05) is 13.8 Å². The molecule has 3 N–H and O–H groups in total. The third-order valence-corrected chi connectivity index (χ3v) is 5.97. The summed E-state index contributed by atoms with van der Waals surface area (Å²) in [5, 5.41) is 0. The monoisotopic (exact) mass is 378 g/mol. The number of aromatic amines is 1. The van der Waals surface area contributed by atoms with Crippen LogP contribution >= 0.6 is 12.4 Å². The van der Waals surface area contributed by atoms with Crippen LogP contribution in [-0.2, 0) is 10.0 Å². The zero-order valence-corrected chi connectivity index (χ0v) is 16.0. The number of aromatic nitrogens is 1. The molecule has 0 unspecified atom stereocenters. The Morgan fingerprint density at radius 1 is 1.38 bits per heavy atom. The average Bonchev–Trinajstić information content (AvgIpc) is 3.17. The summed E-state index contributed by atoms with van der Waals surface area (Å²) in [7, 11) is -2.11. The first-order valence-electron chi connectivity index (χ1n) is 7.81. The lowest BCUT2D eigenvalue weighted by molar-refractivity contribution is 0.0787. The van der Waals surface area contributed by atoms with Crippen LogP contribution in [0.15, 0.2) is 17.2 Å². The number of nitrogens with zero attached hydrogens (tertiary/aromatic N) is 2. The molecule has 1 aliphatic heterocycles. The molecule has 0 aliphatic carbocycles. The molecule has 138 valence electrons. The van der Waals surface area contributed by atoms with Crippen LogP contribution in [0, 0.1) is 5.41 Å². The molecule has 1 aliphatic rings. The number of carbonyl (C=O) groups excluding carboxylic acids is 1. The third kappa shape index (κ3) is 4.50. The number of amides is 1. The molecule has 24 heavy (non-hydrogen) atoms. The second-order valence-electron chi connectivity index (χ2n) is 6.88. The standard InChI is InChI=1S/C15H26N4O3S.ClH/c1-15(2,10-16)11-18(3)23(21,22)12-8-13(17-9-12)14(20)19-6-4-5-7-19;/h8-9,17H,4-7,10-11,16H2,1-3H3;1H. The van der Waals surface area contributed by atoms with Crippen molar-refractivity contribution in [3.8, 4) is 0 Å². The topological polar surface area (TPSA) is 99.5 Å². The van der Waals surface area contributed by atoms with Crippen LogP contribution in [-0.4, -0.2) is 61.7 Å². The Kier molecular flexibility index (Phi) is 6.86. The number of carbonyl (C=O) groups is 1. The van der Waals surface area contributed by atoms with Gasteiger partial charge in [0.05, 0.1) is 0 Å². The molecule has 1 fully saturated rings. The van der Waals surface area contributed by atoms with E-state index in [1.807, 2.05) is 13.8 Å². The van der Waals surface area contributed by atoms with Crippen molar-refractivity contribution in [1.82, 2.24) is 14.2 Å². The lowest BCUT2D eigenvalue weighted by Crippen LogP contribution is -2.39. The molecule has 0 saturated carbocycles. The van der Waals surface area contributed by atoms with E-state index in [1.54, 1.807) is 4.90 Å². The van der Waals surface area contributed by atoms with Crippen molar-refractivity contribution in [2.75, 3.05) is 33.2 Å². The molecule has 0 radical (unpaired) electrons. The number of H-pyrrole nitrogens is 1. The molecule has 0 bridgehead atoms. The van der Waals surface area contributed by atoms with Gasteiger partial charge in [0.1, 0.15) is 10.6 Å². The van der Waals surface area contributed by atoms with Gasteiger partial charge in [0.25, 0.3) is 5.91 Å². The Morgan fingerprint density at radius 2 is 1.96 bits per heavy atom. The van der Waals surface area contributed by atoms with Crippen molar-refractivity contribution in [3.63, 3.8) is 0 Å². The highest BCUT2D eigenvalue weighted by molar-refractivity contribution is 7.89. The summed E-state index contributed by atoms with van der Waals surface area (Å²) in [6, 6.07) is 1.42. The predicted molar refractivity (Wildman–Crippen MR) is 95.8 cm³/mol. The summed E-state index contributed by atoms with van der Waals surface area (Å²) < 4.78 is 26.5. The van der Waals surface area contributed by atoms with Gasteiger partial charge >= 0.3 is 0 Å². The van der Waals surface area contributed by atoms with Crippen molar-refractivity contribution in [1.29, 1.82) is 0 Å². The zero-order valence-electron chi connectivity index (χ0n) is 14.4. The summed E-state index contributed by atoms with van der Waals surface area (Å²) in [5.41, 5.74) is 5.68. The molecule has 2 heterocycles. The van der Waals surface area contributed by atoms with Gasteiger partial charge < -0.3 is 15.6 Å². The third-order valence-electron chi connectivity index (χ3n) is 4.19. The Bertz CT molecular complexity index is 666. The first kappa shape index (κ1) is 21.0. The van der Waals surface area contributed by atoms with Gasteiger partial charge in [-0.05, 0) is 30.9 Å². The molecule has 0 aromatic carbocycles. The van der Waals surface area contributed by atoms with Crippen molar-refractivity contribution < 1.29 is 13.2 Å². The van der Waals surface area contributed by atoms with E-state index in [-0.39, 0.29) is 28.6 Å². The Morgan fingerprint density at radius 3 is 2.50 bits per heavy atom. The molecule has 2 rings (SSSR count). The number of likely N-dealkylation sites (tertiary alicyclic amines) is 1. The first-order valence-corrected chi connectivity index (χ1v) is 9.25. The normalized spacial score (nSPS) is 15.6. The fraction of sp³-hybridized carbons (Fsp3) is 0.667. The van der Waals surface area contributed by atoms with Crippen molar-refractivity contribution >= 4 is 28.3 Å². The smallest absolute Gasteiger partial charge is 0.270 e. The summed E-state index contributed by atoms with van der Waals surface area (Å²) in [5.74, 6) is -0.145. The number of hydrogen-bond donors (Lipinski definition) is 2. The maximum atomic E-state index is 12.6. The second-order valence-corrected chi connectivity index (χ2v) is 8.92. The van der Waals surface area contributed by atoms with E-state index in [4.69, 9.17) is 5.73 Å². The predicted octanol–water partition coefficient (Wildman–Crippen LogP) is 1.28. The van der Waals surface area contributed by atoms with Gasteiger partial charge in [-0.25, -0.2) is 12.7 Å². The van der Waals surface area contributed by atoms with Crippen LogP contribution in [0.25, 0.3) is 0 Å². The summed E-state index contributed by atoms with van der Waals surface area (Å²) in [6.07, 6.45) is 3.37. The molecule has 1 saturated heterocycles. The summed E-state index contributed by atoms with van der Waals surface area (Å²) in [6.45, 7) is 5.98. The number of rotatable bonds is 6. The van der Waals surface area contributed by atoms with Gasteiger partial charge in [0, 0.05) is 32.9 Å². The van der Waals surface area contributed by atoms with Gasteiger partial charge in [-0.3, -0.25) is 4.79 Å². The Labute approximate surface area is 150 Å². The van der Waals surface area contributed by atoms with Crippen molar-refractivity contribution in [2.24, 2.45) is 11.1 Å². The van der Waals surface area contributed by atoms with Gasteiger partial charge in [-0.15, -0.1) is 12.4 Å². The fourth-order valence-corrected chi connectivity index (χ4v) is 4.02. The maximum absolute atomic E-state index is 12.6. The Balaban J connectivity index is 0.00000288. The minimum absolute atomic E-state index is 0. The molecule has 0 atom stereocenters. The Hall–Kier alpha value is -1.09. The first-order chi connectivity index (χ1) is 10.7. The van der Waals surface area contributed by atoms with Gasteiger partial charge in [0.2, 0.25) is 10.0 Å². The van der Waals surface area contributed by atoms with E-state index in [2.05, 4.69) is 4.98 Å². The molecule has 9 heteroatoms. The lowest BCUT2D eigenvalue weighted by atomic mass is 9.94. The molecule has 1 amide bonds. The van der Waals surface area contributed by atoms with Crippen LogP contribution in [0.4, 0.5) is 0 Å². The summed E-state index contributed by atoms with van der Waals surface area (Å²) in [4.78, 5) is 16.9. The molecule has 1 aromatic heterocycles. The average molecular weight is 379 g/mol. The molecule has 1 aromatic rings. The van der Waals surface area contributed by atoms with Crippen LogP contribution in [0.2, 0.25) is 0 Å². The minimum Gasteiger partial charge on any atom is -0.356 e. The number of nitrogens with two attached hydrogens (primary N) is 1. The molecule has 0 spiro atoms. The fourth-order valence-electron chi connectivity index (χ4n) is 2.67. The van der Waals surface area contributed by atoms with Crippen LogP contribution < -0.4 is 5.73 Å². The van der Waals surface area contributed by atoms with Gasteiger partial charge in [0.15, 0.2) is 0 Å². The lowest BCUT2D eigenvalue weighted by Gasteiger charge is -2.28. The number of sulfonamides is 1. The molecular formula is C15H27ClN4O3S. The highest BCUT2D eigenvalue weighted by Gasteiger charge is 2.29. The van der Waals surface area contributed by atoms with E-state index < -0.39 is 10.0 Å². The largest absolute Gasteiger partial charge is 0.356 e. The van der Waals surface area contributed by atoms with Crippen molar-refractivity contribution in [3.05, 3.63) is 18.0 Å². The second kappa shape index (κ2) is 7.86. The SMILES string of the molecule is CN(CC(C)(C)CN)S(=O)(=O)c1c[nH]c(C(=O)N2CCCC2)c1.Cl. The van der Waals surface area contributed by atoms with Crippen LogP contribution in [0.5, 0.6) is 0 Å². The van der Waals surface area contributed by atoms with Crippen LogP contribution in [0.1, 0.15) is 37.2 Å². The van der Waals surface area contributed by atoms with Gasteiger partial charge in [-0.2, -0.15) is 0 Å². The number of hydrogen-bond acceptors (Lipinski definition) is 4. The highest BCUT2D eigenvalue weighted by atomic mass is 35.5. The van der Waals surface area contributed by atoms with E-state index in [0.29, 0.717) is 18.8 Å². The summed E-state index contributed by atoms with van der Waals surface area (Å²) >= 11 is 0. The molecule has 7 nitrogen and oxygen atoms in total. The minimum atomic E-state index is -3.64. The number of nitrogens with one attached hydrogen (secondary N) is 1. The molecular weight excluding hydrogens is 352 g/mol. The number of halogens is 1. The van der Waals surface area contributed by atoms with Crippen LogP contribution in [0.3, 0.4) is 0 Å². The quantitative estimate of drug-likeness (QED) is 0.778. The van der Waals surface area contributed by atoms with E-state index >= 15 is 0 Å². The maximum Gasteiger partial charge on any atom is 0.270 e.